The first-order chi connectivity index (χ1) is 13.5. The first-order valence-electron chi connectivity index (χ1n) is 9.89. The molecule has 2 aromatic rings. The van der Waals surface area contributed by atoms with Gasteiger partial charge in [0.15, 0.2) is 5.76 Å². The Labute approximate surface area is 165 Å². The van der Waals surface area contributed by atoms with E-state index in [0.29, 0.717) is 22.6 Å². The summed E-state index contributed by atoms with van der Waals surface area (Å²) in [5.74, 6) is 0.890. The Morgan fingerprint density at radius 3 is 2.46 bits per heavy atom. The highest BCUT2D eigenvalue weighted by molar-refractivity contribution is 6.15. The summed E-state index contributed by atoms with van der Waals surface area (Å²) in [6, 6.07) is 11.3. The monoisotopic (exact) mass is 376 g/mol. The van der Waals surface area contributed by atoms with Crippen molar-refractivity contribution in [3.05, 3.63) is 64.4 Å². The van der Waals surface area contributed by atoms with Crippen molar-refractivity contribution in [2.24, 2.45) is 5.92 Å². The lowest BCUT2D eigenvalue weighted by Gasteiger charge is -2.20. The van der Waals surface area contributed by atoms with Crippen molar-refractivity contribution in [3.63, 3.8) is 0 Å². The molecule has 0 saturated heterocycles. The molecule has 0 spiro atoms. The van der Waals surface area contributed by atoms with Gasteiger partial charge in [0, 0.05) is 5.56 Å². The summed E-state index contributed by atoms with van der Waals surface area (Å²) in [7, 11) is 0. The van der Waals surface area contributed by atoms with E-state index in [-0.39, 0.29) is 23.4 Å². The zero-order valence-corrected chi connectivity index (χ0v) is 16.3. The number of ether oxygens (including phenoxy) is 2. The first kappa shape index (κ1) is 18.5. The predicted octanol–water partition coefficient (Wildman–Crippen LogP) is 5.41. The average molecular weight is 376 g/mol. The summed E-state index contributed by atoms with van der Waals surface area (Å²) in [6.45, 7) is 3.84. The zero-order valence-electron chi connectivity index (χ0n) is 16.3. The Kier molecular flexibility index (Phi) is 5.03. The van der Waals surface area contributed by atoms with Gasteiger partial charge in [-0.1, -0.05) is 49.1 Å². The van der Waals surface area contributed by atoms with E-state index in [1.165, 1.54) is 6.42 Å². The van der Waals surface area contributed by atoms with Crippen LogP contribution in [0.2, 0.25) is 0 Å². The van der Waals surface area contributed by atoms with Gasteiger partial charge in [0.25, 0.3) is 0 Å². The standard InChI is InChI=1S/C24H24O4/c1-15-8-10-17(11-9-15)14-21-22(25)19-12-13-20(16(2)23(19)27-21)28-24(26)18-6-4-3-5-7-18/h8-14,18H,3-7H2,1-2H3/b21-14-. The van der Waals surface area contributed by atoms with Gasteiger partial charge in [0.05, 0.1) is 11.5 Å². The van der Waals surface area contributed by atoms with Gasteiger partial charge in [-0.05, 0) is 50.5 Å². The molecule has 2 aliphatic rings. The van der Waals surface area contributed by atoms with Crippen molar-refractivity contribution in [2.75, 3.05) is 0 Å². The minimum absolute atomic E-state index is 0.0269. The van der Waals surface area contributed by atoms with Gasteiger partial charge >= 0.3 is 5.97 Å². The fourth-order valence-electron chi connectivity index (χ4n) is 3.82. The lowest BCUT2D eigenvalue weighted by Crippen LogP contribution is -2.23. The molecule has 0 unspecified atom stereocenters. The summed E-state index contributed by atoms with van der Waals surface area (Å²) in [6.07, 6.45) is 6.87. The lowest BCUT2D eigenvalue weighted by molar-refractivity contribution is -0.140. The molecule has 1 aliphatic carbocycles. The summed E-state index contributed by atoms with van der Waals surface area (Å²) >= 11 is 0. The van der Waals surface area contributed by atoms with E-state index < -0.39 is 0 Å². The molecule has 1 saturated carbocycles. The molecule has 4 nitrogen and oxygen atoms in total. The molecule has 144 valence electrons. The molecule has 0 aromatic heterocycles. The number of esters is 1. The normalized spacial score (nSPS) is 18.1. The largest absolute Gasteiger partial charge is 0.452 e. The molecule has 0 radical (unpaired) electrons. The molecule has 4 heteroatoms. The number of fused-ring (bicyclic) bond motifs is 1. The smallest absolute Gasteiger partial charge is 0.314 e. The van der Waals surface area contributed by atoms with Crippen LogP contribution in [0.4, 0.5) is 0 Å². The van der Waals surface area contributed by atoms with Crippen LogP contribution < -0.4 is 9.47 Å². The Hall–Kier alpha value is -2.88. The maximum Gasteiger partial charge on any atom is 0.314 e. The third-order valence-electron chi connectivity index (χ3n) is 5.56. The first-order valence-corrected chi connectivity index (χ1v) is 9.89. The van der Waals surface area contributed by atoms with Gasteiger partial charge in [0.2, 0.25) is 5.78 Å². The molecule has 28 heavy (non-hydrogen) atoms. The number of carbonyl (C=O) groups is 2. The van der Waals surface area contributed by atoms with Crippen LogP contribution in [0.3, 0.4) is 0 Å². The maximum atomic E-state index is 12.7. The van der Waals surface area contributed by atoms with Crippen molar-refractivity contribution in [2.45, 2.75) is 46.0 Å². The Morgan fingerprint density at radius 1 is 1.04 bits per heavy atom. The van der Waals surface area contributed by atoms with Gasteiger partial charge in [-0.15, -0.1) is 0 Å². The van der Waals surface area contributed by atoms with Crippen LogP contribution in [0.5, 0.6) is 11.5 Å². The SMILES string of the molecule is Cc1ccc(/C=C2\Oc3c(ccc(OC(=O)C4CCCCC4)c3C)C2=O)cc1. The van der Waals surface area contributed by atoms with Crippen LogP contribution >= 0.6 is 0 Å². The molecule has 1 fully saturated rings. The number of Topliss-reactive ketones (excluding diaryl/α,β-unsaturated/α-hetero) is 1. The Bertz CT molecular complexity index is 947. The van der Waals surface area contributed by atoms with E-state index in [2.05, 4.69) is 0 Å². The van der Waals surface area contributed by atoms with Crippen molar-refractivity contribution in [1.29, 1.82) is 0 Å². The molecule has 0 atom stereocenters. The van der Waals surface area contributed by atoms with E-state index in [4.69, 9.17) is 9.47 Å². The number of rotatable bonds is 3. The number of hydrogen-bond acceptors (Lipinski definition) is 4. The third-order valence-corrected chi connectivity index (χ3v) is 5.56. The van der Waals surface area contributed by atoms with Gasteiger partial charge < -0.3 is 9.47 Å². The van der Waals surface area contributed by atoms with Crippen LogP contribution in [0.25, 0.3) is 6.08 Å². The lowest BCUT2D eigenvalue weighted by atomic mass is 9.89. The van der Waals surface area contributed by atoms with E-state index in [1.54, 1.807) is 18.2 Å². The molecule has 4 rings (SSSR count). The second-order valence-electron chi connectivity index (χ2n) is 7.67. The van der Waals surface area contributed by atoms with Crippen molar-refractivity contribution in [3.8, 4) is 11.5 Å². The quantitative estimate of drug-likeness (QED) is 0.409. The molecule has 2 aromatic carbocycles. The summed E-state index contributed by atoms with van der Waals surface area (Å²) < 4.78 is 11.5. The van der Waals surface area contributed by atoms with E-state index in [0.717, 1.165) is 36.8 Å². The van der Waals surface area contributed by atoms with E-state index >= 15 is 0 Å². The van der Waals surface area contributed by atoms with Gasteiger partial charge in [-0.3, -0.25) is 9.59 Å². The fraction of sp³-hybridized carbons (Fsp3) is 0.333. The topological polar surface area (TPSA) is 52.6 Å². The predicted molar refractivity (Wildman–Crippen MR) is 108 cm³/mol. The molecule has 0 amide bonds. The number of hydrogen-bond donors (Lipinski definition) is 0. The number of aryl methyl sites for hydroxylation is 1. The molecular formula is C24H24O4. The molecule has 1 heterocycles. The third kappa shape index (κ3) is 3.59. The average Bonchev–Trinajstić information content (AvgIpc) is 3.03. The second-order valence-corrected chi connectivity index (χ2v) is 7.67. The van der Waals surface area contributed by atoms with Gasteiger partial charge in [0.1, 0.15) is 11.5 Å². The Balaban J connectivity index is 1.56. The second kappa shape index (κ2) is 7.63. The van der Waals surface area contributed by atoms with Crippen LogP contribution in [0, 0.1) is 19.8 Å². The Morgan fingerprint density at radius 2 is 1.75 bits per heavy atom. The van der Waals surface area contributed by atoms with E-state index in [1.807, 2.05) is 38.1 Å². The van der Waals surface area contributed by atoms with Crippen LogP contribution in [0.15, 0.2) is 42.2 Å². The zero-order chi connectivity index (χ0) is 19.7. The van der Waals surface area contributed by atoms with Crippen molar-refractivity contribution < 1.29 is 19.1 Å². The number of benzene rings is 2. The molecular weight excluding hydrogens is 352 g/mol. The van der Waals surface area contributed by atoms with Crippen LogP contribution in [-0.2, 0) is 4.79 Å². The summed E-state index contributed by atoms with van der Waals surface area (Å²) in [5.41, 5.74) is 3.25. The molecule has 1 aliphatic heterocycles. The number of carbonyl (C=O) groups excluding carboxylic acids is 2. The van der Waals surface area contributed by atoms with Crippen LogP contribution in [0.1, 0.15) is 59.2 Å². The van der Waals surface area contributed by atoms with Gasteiger partial charge in [-0.25, -0.2) is 0 Å². The highest BCUT2D eigenvalue weighted by Crippen LogP contribution is 2.39. The van der Waals surface area contributed by atoms with Crippen molar-refractivity contribution in [1.82, 2.24) is 0 Å². The summed E-state index contributed by atoms with van der Waals surface area (Å²) in [5, 5.41) is 0. The molecule has 0 N–H and O–H groups in total. The minimum atomic E-state index is -0.178. The fourth-order valence-corrected chi connectivity index (χ4v) is 3.82. The maximum absolute atomic E-state index is 12.7. The number of ketones is 1. The highest BCUT2D eigenvalue weighted by Gasteiger charge is 2.31. The van der Waals surface area contributed by atoms with Crippen LogP contribution in [-0.4, -0.2) is 11.8 Å². The summed E-state index contributed by atoms with van der Waals surface area (Å²) in [4.78, 5) is 25.2. The molecule has 0 bridgehead atoms. The number of allylic oxidation sites excluding steroid dienone is 1. The van der Waals surface area contributed by atoms with Crippen molar-refractivity contribution >= 4 is 17.8 Å². The minimum Gasteiger partial charge on any atom is -0.452 e. The van der Waals surface area contributed by atoms with Gasteiger partial charge in [-0.2, -0.15) is 0 Å². The highest BCUT2D eigenvalue weighted by atomic mass is 16.5. The van der Waals surface area contributed by atoms with E-state index in [9.17, 15) is 9.59 Å².